The lowest BCUT2D eigenvalue weighted by molar-refractivity contribution is -0.141. The van der Waals surface area contributed by atoms with Crippen LogP contribution in [0.15, 0.2) is 53.9 Å². The van der Waals surface area contributed by atoms with Crippen LogP contribution in [0.25, 0.3) is 0 Å². The lowest BCUT2D eigenvalue weighted by Gasteiger charge is -2.51. The minimum Gasteiger partial charge on any atom is -0.501 e. The summed E-state index contributed by atoms with van der Waals surface area (Å²) in [5.41, 5.74) is 6.39. The third kappa shape index (κ3) is 3.53. The van der Waals surface area contributed by atoms with Gasteiger partial charge in [-0.1, -0.05) is 66.4 Å². The van der Waals surface area contributed by atoms with Crippen molar-refractivity contribution in [3.05, 3.63) is 81.7 Å². The average molecular weight is 472 g/mol. The largest absolute Gasteiger partial charge is 0.501 e. The maximum Gasteiger partial charge on any atom is 0.290 e. The molecule has 3 heterocycles. The number of nitrogens with zero attached hydrogens (tertiary/aromatic N) is 2. The molecule has 0 radical (unpaired) electrons. The summed E-state index contributed by atoms with van der Waals surface area (Å²) in [7, 11) is 0. The molecule has 0 aromatic heterocycles. The highest BCUT2D eigenvalue weighted by Crippen LogP contribution is 2.47. The highest BCUT2D eigenvalue weighted by molar-refractivity contribution is 6.04. The molecule has 2 unspecified atom stereocenters. The molecule has 0 spiro atoms. The standard InChI is InChI=1S/C29H33N3O3/c1-18-13-19(2)15-21(14-18)29(10-5-6-11-29)16-24-30-27(34)26(33)25-28(35)31-12-9-20-7-3-4-8-22(20)23(31)17-32(24)25/h3-4,7-8,13-15,23-24,33H,5-6,9-12,16-17H2,1-2H3,(H,30,34). The van der Waals surface area contributed by atoms with Gasteiger partial charge in [-0.05, 0) is 61.6 Å². The van der Waals surface area contributed by atoms with Gasteiger partial charge >= 0.3 is 0 Å². The molecule has 35 heavy (non-hydrogen) atoms. The number of benzene rings is 2. The van der Waals surface area contributed by atoms with Crippen LogP contribution in [-0.4, -0.2) is 46.0 Å². The third-order valence-electron chi connectivity index (χ3n) is 8.62. The molecule has 2 amide bonds. The van der Waals surface area contributed by atoms with E-state index in [1.807, 2.05) is 21.9 Å². The Balaban J connectivity index is 1.40. The molecule has 2 aromatic rings. The first kappa shape index (κ1) is 22.2. The number of piperazine rings is 1. The summed E-state index contributed by atoms with van der Waals surface area (Å²) in [5.74, 6) is -1.23. The van der Waals surface area contributed by atoms with E-state index in [0.717, 1.165) is 38.5 Å². The number of rotatable bonds is 3. The first-order valence-corrected chi connectivity index (χ1v) is 12.8. The SMILES string of the molecule is Cc1cc(C)cc(C2(CC3NC(=O)C(O)=C4C(=O)N5CCc6ccccc6C5CN43)CCCC2)c1. The molecule has 2 N–H and O–H groups in total. The molecule has 182 valence electrons. The van der Waals surface area contributed by atoms with Crippen molar-refractivity contribution in [3.63, 3.8) is 0 Å². The number of nitrogens with one attached hydrogen (secondary N) is 1. The van der Waals surface area contributed by atoms with Crippen molar-refractivity contribution < 1.29 is 14.7 Å². The van der Waals surface area contributed by atoms with Crippen LogP contribution in [0.2, 0.25) is 0 Å². The summed E-state index contributed by atoms with van der Waals surface area (Å²) < 4.78 is 0. The fourth-order valence-electron chi connectivity index (χ4n) is 7.03. The highest BCUT2D eigenvalue weighted by atomic mass is 16.3. The van der Waals surface area contributed by atoms with Gasteiger partial charge in [0.2, 0.25) is 5.76 Å². The van der Waals surface area contributed by atoms with E-state index in [9.17, 15) is 14.7 Å². The second-order valence-electron chi connectivity index (χ2n) is 10.9. The predicted molar refractivity (Wildman–Crippen MR) is 134 cm³/mol. The summed E-state index contributed by atoms with van der Waals surface area (Å²) in [5, 5.41) is 13.8. The Labute approximate surface area is 206 Å². The van der Waals surface area contributed by atoms with Gasteiger partial charge in [-0.2, -0.15) is 0 Å². The van der Waals surface area contributed by atoms with Gasteiger partial charge in [0.25, 0.3) is 11.8 Å². The van der Waals surface area contributed by atoms with Crippen LogP contribution in [0.4, 0.5) is 0 Å². The van der Waals surface area contributed by atoms with Crippen molar-refractivity contribution in [1.82, 2.24) is 15.1 Å². The minimum absolute atomic E-state index is 0.0581. The Morgan fingerprint density at radius 3 is 2.49 bits per heavy atom. The van der Waals surface area contributed by atoms with Crippen LogP contribution in [-0.2, 0) is 21.4 Å². The van der Waals surface area contributed by atoms with Gasteiger partial charge in [0, 0.05) is 13.1 Å². The molecule has 6 nitrogen and oxygen atoms in total. The van der Waals surface area contributed by atoms with Crippen molar-refractivity contribution in [3.8, 4) is 0 Å². The second-order valence-corrected chi connectivity index (χ2v) is 10.9. The molecular formula is C29H33N3O3. The highest BCUT2D eigenvalue weighted by Gasteiger charge is 2.49. The minimum atomic E-state index is -0.543. The smallest absolute Gasteiger partial charge is 0.290 e. The van der Waals surface area contributed by atoms with Crippen molar-refractivity contribution >= 4 is 11.8 Å². The predicted octanol–water partition coefficient (Wildman–Crippen LogP) is 4.17. The van der Waals surface area contributed by atoms with E-state index >= 15 is 0 Å². The normalized spacial score (nSPS) is 25.2. The number of carbonyl (C=O) groups excluding carboxylic acids is 2. The van der Waals surface area contributed by atoms with Crippen molar-refractivity contribution in [2.45, 2.75) is 70.0 Å². The molecule has 2 atom stereocenters. The number of aryl methyl sites for hydroxylation is 2. The van der Waals surface area contributed by atoms with Crippen LogP contribution in [0, 0.1) is 13.8 Å². The fraction of sp³-hybridized carbons (Fsp3) is 0.448. The topological polar surface area (TPSA) is 72.9 Å². The van der Waals surface area contributed by atoms with Gasteiger partial charge in [0.1, 0.15) is 6.17 Å². The fourth-order valence-corrected chi connectivity index (χ4v) is 7.03. The van der Waals surface area contributed by atoms with E-state index in [1.165, 1.54) is 27.8 Å². The van der Waals surface area contributed by atoms with Crippen LogP contribution < -0.4 is 5.32 Å². The number of aliphatic hydroxyl groups is 1. The number of aliphatic hydroxyl groups excluding tert-OH is 1. The molecule has 0 bridgehead atoms. The van der Waals surface area contributed by atoms with Gasteiger partial charge < -0.3 is 20.2 Å². The van der Waals surface area contributed by atoms with Crippen LogP contribution in [0.1, 0.15) is 66.0 Å². The van der Waals surface area contributed by atoms with Crippen LogP contribution >= 0.6 is 0 Å². The molecule has 1 saturated heterocycles. The first-order chi connectivity index (χ1) is 16.9. The van der Waals surface area contributed by atoms with Crippen molar-refractivity contribution in [2.75, 3.05) is 13.1 Å². The Morgan fingerprint density at radius 2 is 1.74 bits per heavy atom. The van der Waals surface area contributed by atoms with E-state index in [1.54, 1.807) is 0 Å². The zero-order chi connectivity index (χ0) is 24.3. The molecule has 6 heteroatoms. The van der Waals surface area contributed by atoms with E-state index in [4.69, 9.17) is 0 Å². The van der Waals surface area contributed by atoms with Gasteiger partial charge in [-0.15, -0.1) is 0 Å². The Bertz CT molecular complexity index is 1220. The Hall–Kier alpha value is -3.28. The van der Waals surface area contributed by atoms with Gasteiger partial charge in [0.15, 0.2) is 5.70 Å². The molecule has 6 rings (SSSR count). The number of carbonyl (C=O) groups is 2. The monoisotopic (exact) mass is 471 g/mol. The maximum absolute atomic E-state index is 13.7. The number of hydrogen-bond acceptors (Lipinski definition) is 4. The molecule has 2 aromatic carbocycles. The quantitative estimate of drug-likeness (QED) is 0.705. The summed E-state index contributed by atoms with van der Waals surface area (Å²) in [6.07, 6.45) is 5.61. The van der Waals surface area contributed by atoms with E-state index in [2.05, 4.69) is 49.5 Å². The van der Waals surface area contributed by atoms with Crippen molar-refractivity contribution in [1.29, 1.82) is 0 Å². The molecule has 4 aliphatic rings. The first-order valence-electron chi connectivity index (χ1n) is 12.8. The lowest BCUT2D eigenvalue weighted by Crippen LogP contribution is -2.63. The molecule has 1 saturated carbocycles. The van der Waals surface area contributed by atoms with Crippen molar-refractivity contribution in [2.24, 2.45) is 0 Å². The summed E-state index contributed by atoms with van der Waals surface area (Å²) in [6.45, 7) is 5.44. The lowest BCUT2D eigenvalue weighted by atomic mass is 9.73. The number of fused-ring (bicyclic) bond motifs is 4. The molecule has 1 aliphatic carbocycles. The Kier molecular flexibility index (Phi) is 5.17. The molecule has 2 fully saturated rings. The van der Waals surface area contributed by atoms with Crippen LogP contribution in [0.5, 0.6) is 0 Å². The average Bonchev–Trinajstić information content (AvgIpc) is 3.31. The molecular weight excluding hydrogens is 438 g/mol. The van der Waals surface area contributed by atoms with E-state index in [-0.39, 0.29) is 29.2 Å². The zero-order valence-corrected chi connectivity index (χ0v) is 20.5. The van der Waals surface area contributed by atoms with Gasteiger partial charge in [-0.25, -0.2) is 0 Å². The molecule has 3 aliphatic heterocycles. The zero-order valence-electron chi connectivity index (χ0n) is 20.5. The third-order valence-corrected chi connectivity index (χ3v) is 8.62. The van der Waals surface area contributed by atoms with E-state index < -0.39 is 11.7 Å². The summed E-state index contributed by atoms with van der Waals surface area (Å²) in [6, 6.07) is 15.0. The maximum atomic E-state index is 13.7. The van der Waals surface area contributed by atoms with Gasteiger partial charge in [0.05, 0.1) is 6.04 Å². The van der Waals surface area contributed by atoms with Crippen LogP contribution in [0.3, 0.4) is 0 Å². The number of amides is 2. The van der Waals surface area contributed by atoms with E-state index in [0.29, 0.717) is 13.1 Å². The second kappa shape index (κ2) is 8.14. The summed E-state index contributed by atoms with van der Waals surface area (Å²) in [4.78, 5) is 30.4. The summed E-state index contributed by atoms with van der Waals surface area (Å²) >= 11 is 0. The Morgan fingerprint density at radius 1 is 1.03 bits per heavy atom. The van der Waals surface area contributed by atoms with Gasteiger partial charge in [-0.3, -0.25) is 9.59 Å². The number of hydrogen-bond donors (Lipinski definition) is 2.